The number of nitrogens with two attached hydrogens (primary N) is 2. The third-order valence-electron chi connectivity index (χ3n) is 5.33. The van der Waals surface area contributed by atoms with Gasteiger partial charge in [-0.3, -0.25) is 0 Å². The summed E-state index contributed by atoms with van der Waals surface area (Å²) in [7, 11) is 0. The van der Waals surface area contributed by atoms with Crippen molar-refractivity contribution in [2.45, 2.75) is 0 Å². The molecule has 0 unspecified atom stereocenters. The van der Waals surface area contributed by atoms with Crippen LogP contribution in [0.2, 0.25) is 0 Å². The van der Waals surface area contributed by atoms with Gasteiger partial charge in [-0.05, 0) is 57.6 Å². The number of carbonyl (C=O) groups is 2. The Balaban J connectivity index is 1.56. The van der Waals surface area contributed by atoms with Crippen LogP contribution in [-0.2, 0) is 0 Å². The van der Waals surface area contributed by atoms with Crippen LogP contribution in [-0.4, -0.2) is 22.2 Å². The zero-order valence-electron chi connectivity index (χ0n) is 16.9. The smallest absolute Gasteiger partial charge is 0.337 e. The maximum atomic E-state index is 11.1. The van der Waals surface area contributed by atoms with Crippen molar-refractivity contribution in [1.29, 1.82) is 0 Å². The van der Waals surface area contributed by atoms with Gasteiger partial charge in [-0.1, -0.05) is 60.7 Å². The molecule has 0 aromatic heterocycles. The molecule has 32 heavy (non-hydrogen) atoms. The minimum Gasteiger partial charge on any atom is -0.478 e. The van der Waals surface area contributed by atoms with Gasteiger partial charge in [0.05, 0.1) is 11.1 Å². The molecule has 0 heterocycles. The average Bonchev–Trinajstić information content (AvgIpc) is 2.78. The van der Waals surface area contributed by atoms with Crippen molar-refractivity contribution in [3.63, 3.8) is 0 Å². The lowest BCUT2D eigenvalue weighted by molar-refractivity contribution is 0.0687. The van der Waals surface area contributed by atoms with E-state index in [1.165, 1.54) is 12.1 Å². The number of hydrogen-bond donors (Lipinski definition) is 4. The number of anilines is 2. The molecule has 4 aromatic rings. The van der Waals surface area contributed by atoms with Gasteiger partial charge < -0.3 is 21.7 Å². The molecule has 6 nitrogen and oxygen atoms in total. The first-order valence-electron chi connectivity index (χ1n) is 9.80. The first kappa shape index (κ1) is 20.7. The minimum atomic E-state index is -1.05. The Kier molecular flexibility index (Phi) is 5.35. The number of aromatic carboxylic acids is 2. The Morgan fingerprint density at radius 1 is 0.469 bits per heavy atom. The third-order valence-corrected chi connectivity index (χ3v) is 5.33. The zero-order valence-corrected chi connectivity index (χ0v) is 16.9. The average molecular weight is 424 g/mol. The molecular formula is C26H20N2O4. The molecule has 158 valence electrons. The van der Waals surface area contributed by atoms with Gasteiger partial charge in [0, 0.05) is 11.4 Å². The minimum absolute atomic E-state index is 0.0878. The maximum absolute atomic E-state index is 11.1. The quantitative estimate of drug-likeness (QED) is 0.324. The Labute approximate surface area is 184 Å². The second-order valence-corrected chi connectivity index (χ2v) is 7.37. The third kappa shape index (κ3) is 4.02. The van der Waals surface area contributed by atoms with Gasteiger partial charge in [0.1, 0.15) is 0 Å². The van der Waals surface area contributed by atoms with E-state index in [2.05, 4.69) is 0 Å². The Bertz CT molecular complexity index is 1220. The summed E-state index contributed by atoms with van der Waals surface area (Å²) in [4.78, 5) is 22.3. The van der Waals surface area contributed by atoms with Crippen LogP contribution in [0.15, 0.2) is 84.9 Å². The molecule has 0 aliphatic rings. The molecule has 0 amide bonds. The van der Waals surface area contributed by atoms with Crippen LogP contribution in [0.3, 0.4) is 0 Å². The lowest BCUT2D eigenvalue weighted by atomic mass is 9.97. The summed E-state index contributed by atoms with van der Waals surface area (Å²) in [6.45, 7) is 0. The fourth-order valence-electron chi connectivity index (χ4n) is 3.58. The number of carboxylic acids is 2. The molecule has 0 bridgehead atoms. The van der Waals surface area contributed by atoms with Crippen LogP contribution in [0.5, 0.6) is 0 Å². The van der Waals surface area contributed by atoms with Gasteiger partial charge in [0.15, 0.2) is 0 Å². The molecule has 6 N–H and O–H groups in total. The maximum Gasteiger partial charge on any atom is 0.337 e. The van der Waals surface area contributed by atoms with Crippen LogP contribution in [0.1, 0.15) is 20.7 Å². The molecule has 4 rings (SSSR count). The van der Waals surface area contributed by atoms with Crippen LogP contribution in [0.4, 0.5) is 11.4 Å². The Morgan fingerprint density at radius 2 is 0.719 bits per heavy atom. The van der Waals surface area contributed by atoms with E-state index in [1.807, 2.05) is 48.5 Å². The second kappa shape index (κ2) is 8.28. The second-order valence-electron chi connectivity index (χ2n) is 7.37. The Hall–Kier alpha value is -4.58. The summed E-state index contributed by atoms with van der Waals surface area (Å²) < 4.78 is 0. The van der Waals surface area contributed by atoms with Crippen LogP contribution < -0.4 is 11.5 Å². The first-order chi connectivity index (χ1) is 15.3. The highest BCUT2D eigenvalue weighted by molar-refractivity contribution is 5.95. The summed E-state index contributed by atoms with van der Waals surface area (Å²) in [5, 5.41) is 18.2. The van der Waals surface area contributed by atoms with Crippen LogP contribution in [0, 0.1) is 0 Å². The normalized spacial score (nSPS) is 10.6. The summed E-state index contributed by atoms with van der Waals surface area (Å²) in [6, 6.07) is 25.6. The molecule has 0 radical (unpaired) electrons. The predicted molar refractivity (Wildman–Crippen MR) is 125 cm³/mol. The lowest BCUT2D eigenvalue weighted by Gasteiger charge is -2.09. The van der Waals surface area contributed by atoms with Crippen molar-refractivity contribution in [3.05, 3.63) is 96.1 Å². The summed E-state index contributed by atoms with van der Waals surface area (Å²) in [6.07, 6.45) is 0. The van der Waals surface area contributed by atoms with Crippen LogP contribution >= 0.6 is 0 Å². The van der Waals surface area contributed by atoms with Crippen LogP contribution in [0.25, 0.3) is 33.4 Å². The summed E-state index contributed by atoms with van der Waals surface area (Å²) in [5.74, 6) is -2.10. The molecule has 0 aliphatic carbocycles. The van der Waals surface area contributed by atoms with E-state index in [0.29, 0.717) is 0 Å². The van der Waals surface area contributed by atoms with Crippen molar-refractivity contribution in [2.75, 3.05) is 11.5 Å². The summed E-state index contributed by atoms with van der Waals surface area (Å²) in [5.41, 5.74) is 18.0. The highest BCUT2D eigenvalue weighted by Crippen LogP contribution is 2.30. The number of rotatable bonds is 5. The highest BCUT2D eigenvalue weighted by Gasteiger charge is 2.10. The number of benzene rings is 4. The molecule has 6 heteroatoms. The van der Waals surface area contributed by atoms with E-state index in [-0.39, 0.29) is 22.5 Å². The van der Waals surface area contributed by atoms with E-state index >= 15 is 0 Å². The Morgan fingerprint density at radius 3 is 0.969 bits per heavy atom. The molecule has 0 atom stereocenters. The highest BCUT2D eigenvalue weighted by atomic mass is 16.4. The first-order valence-corrected chi connectivity index (χ1v) is 9.80. The standard InChI is InChI=1S/C26H20N2O4/c27-23-13-19(9-11-21(23)25(29)30)17-5-1-15(2-6-17)16-3-7-18(8-4-16)20-10-12-22(26(31)32)24(28)14-20/h1-14H,27-28H2,(H,29,30)(H,31,32). The van der Waals surface area contributed by atoms with Crippen molar-refractivity contribution in [1.82, 2.24) is 0 Å². The van der Waals surface area contributed by atoms with Gasteiger partial charge >= 0.3 is 11.9 Å². The van der Waals surface area contributed by atoms with E-state index in [9.17, 15) is 9.59 Å². The van der Waals surface area contributed by atoms with Gasteiger partial charge in [-0.25, -0.2) is 9.59 Å². The predicted octanol–water partition coefficient (Wildman–Crippen LogP) is 5.25. The fourth-order valence-corrected chi connectivity index (χ4v) is 3.58. The molecule has 0 spiro atoms. The van der Waals surface area contributed by atoms with Crippen molar-refractivity contribution < 1.29 is 19.8 Å². The van der Waals surface area contributed by atoms with Crippen molar-refractivity contribution in [3.8, 4) is 33.4 Å². The largest absolute Gasteiger partial charge is 0.478 e. The molecule has 4 aromatic carbocycles. The van der Waals surface area contributed by atoms with Gasteiger partial charge in [0.25, 0.3) is 0 Å². The van der Waals surface area contributed by atoms with Crippen molar-refractivity contribution in [2.24, 2.45) is 0 Å². The van der Waals surface area contributed by atoms with Gasteiger partial charge in [-0.15, -0.1) is 0 Å². The molecule has 0 aliphatic heterocycles. The summed E-state index contributed by atoms with van der Waals surface area (Å²) >= 11 is 0. The fraction of sp³-hybridized carbons (Fsp3) is 0. The zero-order chi connectivity index (χ0) is 22.8. The van der Waals surface area contributed by atoms with Crippen molar-refractivity contribution >= 4 is 23.3 Å². The number of nitrogen functional groups attached to an aromatic ring is 2. The SMILES string of the molecule is Nc1cc(-c2ccc(-c3ccc(-c4ccc(C(=O)O)c(N)c4)cc3)cc2)ccc1C(=O)O. The number of carboxylic acid groups (broad SMARTS) is 2. The molecule has 0 saturated heterocycles. The molecular weight excluding hydrogens is 404 g/mol. The van der Waals surface area contributed by atoms with E-state index in [4.69, 9.17) is 21.7 Å². The monoisotopic (exact) mass is 424 g/mol. The van der Waals surface area contributed by atoms with Gasteiger partial charge in [0.2, 0.25) is 0 Å². The topological polar surface area (TPSA) is 127 Å². The lowest BCUT2D eigenvalue weighted by Crippen LogP contribution is -2.02. The van der Waals surface area contributed by atoms with E-state index in [1.54, 1.807) is 24.3 Å². The van der Waals surface area contributed by atoms with E-state index in [0.717, 1.165) is 33.4 Å². The number of hydrogen-bond acceptors (Lipinski definition) is 4. The molecule has 0 fully saturated rings. The molecule has 0 saturated carbocycles. The van der Waals surface area contributed by atoms with E-state index < -0.39 is 11.9 Å². The van der Waals surface area contributed by atoms with Gasteiger partial charge in [-0.2, -0.15) is 0 Å².